The van der Waals surface area contributed by atoms with E-state index in [0.29, 0.717) is 5.69 Å². The van der Waals surface area contributed by atoms with Crippen molar-refractivity contribution in [3.63, 3.8) is 0 Å². The molecule has 0 saturated carbocycles. The molecule has 0 N–H and O–H groups in total. The fraction of sp³-hybridized carbons (Fsp3) is 0.500. The molecule has 0 aromatic heterocycles. The van der Waals surface area contributed by atoms with Gasteiger partial charge in [-0.25, -0.2) is 8.42 Å². The Morgan fingerprint density at radius 2 is 1.75 bits per heavy atom. The van der Waals surface area contributed by atoms with Crippen molar-refractivity contribution in [2.45, 2.75) is 20.8 Å². The number of rotatable bonds is 5. The van der Waals surface area contributed by atoms with E-state index < -0.39 is 21.9 Å². The summed E-state index contributed by atoms with van der Waals surface area (Å²) >= 11 is 0. The summed E-state index contributed by atoms with van der Waals surface area (Å²) in [6.07, 6.45) is 0. The van der Waals surface area contributed by atoms with Crippen molar-refractivity contribution in [3.05, 3.63) is 29.3 Å². The Kier molecular flexibility index (Phi) is 5.16. The van der Waals surface area contributed by atoms with Crippen LogP contribution in [0.1, 0.15) is 18.1 Å². The maximum Gasteiger partial charge on any atom is 0.309 e. The van der Waals surface area contributed by atoms with Gasteiger partial charge in [0.25, 0.3) is 0 Å². The van der Waals surface area contributed by atoms with Crippen LogP contribution in [0.4, 0.5) is 5.69 Å². The van der Waals surface area contributed by atoms with E-state index in [1.54, 1.807) is 19.1 Å². The van der Waals surface area contributed by atoms with E-state index in [1.807, 2.05) is 19.9 Å². The molecule has 6 heteroatoms. The van der Waals surface area contributed by atoms with E-state index in [4.69, 9.17) is 0 Å². The first-order valence-corrected chi connectivity index (χ1v) is 7.91. The highest BCUT2D eigenvalue weighted by Crippen LogP contribution is 2.21. The summed E-state index contributed by atoms with van der Waals surface area (Å²) in [5, 5.41) is 0. The molecule has 0 spiro atoms. The van der Waals surface area contributed by atoms with Crippen LogP contribution in [-0.4, -0.2) is 34.3 Å². The SMILES string of the molecule is COC(=O)[C@@H](C)CS(=O)(=O)N(C)c1cc(C)cc(C)c1. The highest BCUT2D eigenvalue weighted by molar-refractivity contribution is 7.92. The summed E-state index contributed by atoms with van der Waals surface area (Å²) in [5.41, 5.74) is 2.57. The summed E-state index contributed by atoms with van der Waals surface area (Å²) < 4.78 is 30.4. The molecule has 0 radical (unpaired) electrons. The van der Waals surface area contributed by atoms with E-state index in [9.17, 15) is 13.2 Å². The Hall–Kier alpha value is -1.56. The standard InChI is InChI=1S/C14H21NO4S/c1-10-6-11(2)8-13(7-10)15(4)20(17,18)9-12(3)14(16)19-5/h6-8,12H,9H2,1-5H3/t12-/m0/s1. The number of esters is 1. The average Bonchev–Trinajstić information content (AvgIpc) is 2.35. The Balaban J connectivity index is 3.00. The normalized spacial score (nSPS) is 12.8. The summed E-state index contributed by atoms with van der Waals surface area (Å²) in [5.74, 6) is -1.50. The predicted molar refractivity (Wildman–Crippen MR) is 79.3 cm³/mol. The third-order valence-electron chi connectivity index (χ3n) is 3.05. The minimum atomic E-state index is -3.57. The molecular weight excluding hydrogens is 278 g/mol. The second-order valence-corrected chi connectivity index (χ2v) is 7.06. The third kappa shape index (κ3) is 3.96. The van der Waals surface area contributed by atoms with Crippen molar-refractivity contribution in [2.24, 2.45) is 5.92 Å². The number of aryl methyl sites for hydroxylation is 2. The number of carbonyl (C=O) groups is 1. The quantitative estimate of drug-likeness (QED) is 0.779. The first-order chi connectivity index (χ1) is 9.17. The molecule has 0 aliphatic heterocycles. The van der Waals surface area contributed by atoms with Crippen molar-refractivity contribution in [1.29, 1.82) is 0 Å². The zero-order valence-corrected chi connectivity index (χ0v) is 13.3. The average molecular weight is 299 g/mol. The zero-order valence-electron chi connectivity index (χ0n) is 12.5. The van der Waals surface area contributed by atoms with Crippen molar-refractivity contribution < 1.29 is 17.9 Å². The minimum absolute atomic E-state index is 0.275. The first kappa shape index (κ1) is 16.5. The molecule has 1 aromatic carbocycles. The number of hydrogen-bond donors (Lipinski definition) is 0. The predicted octanol–water partition coefficient (Wildman–Crippen LogP) is 1.88. The highest BCUT2D eigenvalue weighted by atomic mass is 32.2. The first-order valence-electron chi connectivity index (χ1n) is 6.30. The molecule has 112 valence electrons. The molecule has 0 unspecified atom stereocenters. The van der Waals surface area contributed by atoms with Gasteiger partial charge >= 0.3 is 5.97 Å². The largest absolute Gasteiger partial charge is 0.469 e. The van der Waals surface area contributed by atoms with Crippen LogP contribution in [-0.2, 0) is 19.6 Å². The lowest BCUT2D eigenvalue weighted by atomic mass is 10.1. The second kappa shape index (κ2) is 6.26. The van der Waals surface area contributed by atoms with Crippen molar-refractivity contribution in [2.75, 3.05) is 24.2 Å². The second-order valence-electron chi connectivity index (χ2n) is 5.02. The number of anilines is 1. The van der Waals surface area contributed by atoms with Gasteiger partial charge in [0, 0.05) is 7.05 Å². The highest BCUT2D eigenvalue weighted by Gasteiger charge is 2.26. The molecule has 0 fully saturated rings. The lowest BCUT2D eigenvalue weighted by Crippen LogP contribution is -2.34. The summed E-state index contributed by atoms with van der Waals surface area (Å²) in [4.78, 5) is 11.4. The van der Waals surface area contributed by atoms with Crippen LogP contribution in [0.3, 0.4) is 0 Å². The number of benzene rings is 1. The minimum Gasteiger partial charge on any atom is -0.469 e. The van der Waals surface area contributed by atoms with Crippen molar-refractivity contribution in [3.8, 4) is 0 Å². The molecule has 1 rings (SSSR count). The molecule has 0 aliphatic rings. The van der Waals surface area contributed by atoms with Crippen LogP contribution >= 0.6 is 0 Å². The Morgan fingerprint density at radius 3 is 2.20 bits per heavy atom. The van der Waals surface area contributed by atoms with Gasteiger partial charge in [-0.05, 0) is 37.1 Å². The Morgan fingerprint density at radius 1 is 1.25 bits per heavy atom. The van der Waals surface area contributed by atoms with Gasteiger partial charge in [0.1, 0.15) is 0 Å². The van der Waals surface area contributed by atoms with E-state index in [0.717, 1.165) is 11.1 Å². The third-order valence-corrected chi connectivity index (χ3v) is 5.02. The number of hydrogen-bond acceptors (Lipinski definition) is 4. The Labute approximate surface area is 120 Å². The van der Waals surface area contributed by atoms with Crippen molar-refractivity contribution in [1.82, 2.24) is 0 Å². The molecule has 1 atom stereocenters. The topological polar surface area (TPSA) is 63.7 Å². The number of nitrogens with zero attached hydrogens (tertiary/aromatic N) is 1. The molecule has 5 nitrogen and oxygen atoms in total. The molecule has 20 heavy (non-hydrogen) atoms. The van der Waals surface area contributed by atoms with Crippen LogP contribution in [0.25, 0.3) is 0 Å². The summed E-state index contributed by atoms with van der Waals surface area (Å²) in [7, 11) is -0.826. The van der Waals surface area contributed by atoms with E-state index in [-0.39, 0.29) is 5.75 Å². The van der Waals surface area contributed by atoms with Gasteiger partial charge in [-0.15, -0.1) is 0 Å². The maximum atomic E-state index is 12.3. The van der Waals surface area contributed by atoms with Gasteiger partial charge in [0.05, 0.1) is 24.5 Å². The van der Waals surface area contributed by atoms with Crippen LogP contribution in [0.15, 0.2) is 18.2 Å². The van der Waals surface area contributed by atoms with Crippen LogP contribution in [0.5, 0.6) is 0 Å². The fourth-order valence-electron chi connectivity index (χ4n) is 1.99. The molecule has 0 heterocycles. The van der Waals surface area contributed by atoms with Crippen LogP contribution < -0.4 is 4.31 Å². The molecule has 0 saturated heterocycles. The number of carbonyl (C=O) groups excluding carboxylic acids is 1. The smallest absolute Gasteiger partial charge is 0.309 e. The van der Waals surface area contributed by atoms with Gasteiger partial charge < -0.3 is 4.74 Å². The van der Waals surface area contributed by atoms with Gasteiger partial charge in [-0.1, -0.05) is 13.0 Å². The maximum absolute atomic E-state index is 12.3. The summed E-state index contributed by atoms with van der Waals surface area (Å²) in [6, 6.07) is 5.57. The zero-order chi connectivity index (χ0) is 15.5. The fourth-order valence-corrected chi connectivity index (χ4v) is 3.41. The van der Waals surface area contributed by atoms with Gasteiger partial charge in [-0.3, -0.25) is 9.10 Å². The Bertz CT molecular complexity index is 575. The van der Waals surface area contributed by atoms with Gasteiger partial charge in [0.15, 0.2) is 0 Å². The lowest BCUT2D eigenvalue weighted by molar-refractivity contribution is -0.144. The molecular formula is C14H21NO4S. The number of ether oxygens (including phenoxy) is 1. The number of methoxy groups -OCH3 is 1. The van der Waals surface area contributed by atoms with Crippen LogP contribution in [0.2, 0.25) is 0 Å². The van der Waals surface area contributed by atoms with Crippen LogP contribution in [0, 0.1) is 19.8 Å². The van der Waals surface area contributed by atoms with E-state index in [2.05, 4.69) is 4.74 Å². The monoisotopic (exact) mass is 299 g/mol. The molecule has 0 aliphatic carbocycles. The van der Waals surface area contributed by atoms with Gasteiger partial charge in [-0.2, -0.15) is 0 Å². The van der Waals surface area contributed by atoms with Crippen molar-refractivity contribution >= 4 is 21.7 Å². The van der Waals surface area contributed by atoms with Gasteiger partial charge in [0.2, 0.25) is 10.0 Å². The number of sulfonamides is 1. The molecule has 0 bridgehead atoms. The molecule has 1 aromatic rings. The lowest BCUT2D eigenvalue weighted by Gasteiger charge is -2.22. The van der Waals surface area contributed by atoms with E-state index >= 15 is 0 Å². The molecule has 0 amide bonds. The van der Waals surface area contributed by atoms with E-state index in [1.165, 1.54) is 18.5 Å². The summed E-state index contributed by atoms with van der Waals surface area (Å²) in [6.45, 7) is 5.36.